The van der Waals surface area contributed by atoms with E-state index in [2.05, 4.69) is 0 Å². The number of ether oxygens (including phenoxy) is 6. The molecule has 47 heavy (non-hydrogen) atoms. The first kappa shape index (κ1) is 37.8. The van der Waals surface area contributed by atoms with Crippen molar-refractivity contribution in [2.45, 2.75) is 118 Å². The molecule has 4 fully saturated rings. The Hall–Kier alpha value is -2.03. The van der Waals surface area contributed by atoms with Gasteiger partial charge in [0.2, 0.25) is 0 Å². The van der Waals surface area contributed by atoms with Crippen molar-refractivity contribution >= 4 is 17.8 Å². The van der Waals surface area contributed by atoms with Crippen molar-refractivity contribution in [2.75, 3.05) is 26.4 Å². The summed E-state index contributed by atoms with van der Waals surface area (Å²) in [6, 6.07) is 0. The van der Waals surface area contributed by atoms with E-state index in [9.17, 15) is 65.4 Å². The van der Waals surface area contributed by atoms with Crippen molar-refractivity contribution in [3.8, 4) is 0 Å². The van der Waals surface area contributed by atoms with E-state index in [1.165, 1.54) is 0 Å². The van der Waals surface area contributed by atoms with Gasteiger partial charge in [-0.25, -0.2) is 4.79 Å². The first-order chi connectivity index (χ1) is 22.3. The van der Waals surface area contributed by atoms with Crippen LogP contribution in [-0.4, -0.2) is 192 Å². The lowest BCUT2D eigenvalue weighted by molar-refractivity contribution is -0.381. The van der Waals surface area contributed by atoms with Crippen molar-refractivity contribution in [1.82, 2.24) is 5.06 Å². The Morgan fingerprint density at radius 2 is 1.09 bits per heavy atom. The Kier molecular flexibility index (Phi) is 13.3. The van der Waals surface area contributed by atoms with Crippen LogP contribution in [0.25, 0.3) is 0 Å². The van der Waals surface area contributed by atoms with E-state index >= 15 is 0 Å². The van der Waals surface area contributed by atoms with E-state index < -0.39 is 130 Å². The minimum atomic E-state index is -1.99. The molecule has 0 saturated carbocycles. The highest BCUT2D eigenvalue weighted by molar-refractivity contribution is 6.01. The standard InChI is InChI=1S/C26H41NO20/c28-6-9-15(34)18(37)19(38)25(43-9)45-23-17(36)11(8-30)44-26(21(23)40)46-22-16(35)10(7-29)42-24(20(22)39)41-5-1-2-14(33)47-27-12(31)3-4-13(27)32/h9-11,15-26,28-30,34-40H,1-8H2/t9?,10?,11?,15-,16-,17-,18+,19?,20?,21?,22+,23+,24+,25-,26-/m1/s1. The monoisotopic (exact) mass is 687 g/mol. The van der Waals surface area contributed by atoms with Crippen LogP contribution in [-0.2, 0) is 47.6 Å². The van der Waals surface area contributed by atoms with E-state index in [-0.39, 0.29) is 32.3 Å². The van der Waals surface area contributed by atoms with Crippen LogP contribution >= 0.6 is 0 Å². The quantitative estimate of drug-likeness (QED) is 0.0635. The normalized spacial score (nSPS) is 42.9. The third-order valence-corrected chi connectivity index (χ3v) is 8.08. The minimum Gasteiger partial charge on any atom is -0.394 e. The van der Waals surface area contributed by atoms with Crippen LogP contribution in [0.5, 0.6) is 0 Å². The van der Waals surface area contributed by atoms with Gasteiger partial charge in [0.15, 0.2) is 18.9 Å². The fourth-order valence-electron chi connectivity index (χ4n) is 5.39. The van der Waals surface area contributed by atoms with Crippen LogP contribution in [0.1, 0.15) is 25.7 Å². The molecule has 0 aromatic rings. The molecule has 0 aromatic heterocycles. The van der Waals surface area contributed by atoms with Gasteiger partial charge in [-0.1, -0.05) is 0 Å². The first-order valence-corrected chi connectivity index (χ1v) is 14.9. The summed E-state index contributed by atoms with van der Waals surface area (Å²) < 4.78 is 32.7. The van der Waals surface area contributed by atoms with Crippen molar-refractivity contribution in [2.24, 2.45) is 0 Å². The van der Waals surface area contributed by atoms with E-state index in [0.29, 0.717) is 5.06 Å². The zero-order valence-electron chi connectivity index (χ0n) is 24.8. The van der Waals surface area contributed by atoms with Crippen LogP contribution in [0, 0.1) is 0 Å². The van der Waals surface area contributed by atoms with Gasteiger partial charge in [0, 0.05) is 12.8 Å². The fourth-order valence-corrected chi connectivity index (χ4v) is 5.39. The highest BCUT2D eigenvalue weighted by atomic mass is 16.8. The summed E-state index contributed by atoms with van der Waals surface area (Å²) in [7, 11) is 0. The lowest BCUT2D eigenvalue weighted by atomic mass is 9.96. The maximum absolute atomic E-state index is 12.0. The van der Waals surface area contributed by atoms with E-state index in [0.717, 1.165) is 0 Å². The second kappa shape index (κ2) is 16.6. The van der Waals surface area contributed by atoms with Crippen LogP contribution in [0.3, 0.4) is 0 Å². The zero-order valence-corrected chi connectivity index (χ0v) is 24.8. The molecular weight excluding hydrogens is 646 g/mol. The fraction of sp³-hybridized carbons (Fsp3) is 0.885. The SMILES string of the molecule is O=C(CCCO[C@H]1OC(CO)[C@@H](O)[C@H](O[C@H]2OC(CO)[C@@H](O)[C@H](O[C@H]3OC(CO)[C@@H](O)[C@H](O)C3O)C2O)C1O)ON1C(=O)CCC1=O. The molecule has 10 N–H and O–H groups in total. The van der Waals surface area contributed by atoms with Gasteiger partial charge >= 0.3 is 5.97 Å². The average Bonchev–Trinajstić information content (AvgIpc) is 3.36. The molecule has 4 aliphatic heterocycles. The smallest absolute Gasteiger partial charge is 0.333 e. The number of rotatable bonds is 13. The number of aliphatic hydroxyl groups excluding tert-OH is 10. The molecule has 4 rings (SSSR count). The largest absolute Gasteiger partial charge is 0.394 e. The number of nitrogens with zero attached hydrogens (tertiary/aromatic N) is 1. The Morgan fingerprint density at radius 1 is 0.638 bits per heavy atom. The highest BCUT2D eigenvalue weighted by Gasteiger charge is 2.53. The molecule has 21 heteroatoms. The molecule has 0 aliphatic carbocycles. The Morgan fingerprint density at radius 3 is 1.60 bits per heavy atom. The summed E-state index contributed by atoms with van der Waals surface area (Å²) in [4.78, 5) is 40.0. The van der Waals surface area contributed by atoms with Crippen molar-refractivity contribution < 1.29 is 98.7 Å². The maximum Gasteiger partial charge on any atom is 0.333 e. The maximum atomic E-state index is 12.0. The zero-order chi connectivity index (χ0) is 34.6. The van der Waals surface area contributed by atoms with Gasteiger partial charge in [-0.15, -0.1) is 5.06 Å². The molecule has 4 aliphatic rings. The lowest BCUT2D eigenvalue weighted by Gasteiger charge is -2.48. The van der Waals surface area contributed by atoms with E-state index in [4.69, 9.17) is 33.3 Å². The Labute approximate surface area is 266 Å². The third-order valence-electron chi connectivity index (χ3n) is 8.08. The molecule has 0 aromatic carbocycles. The lowest BCUT2D eigenvalue weighted by Crippen LogP contribution is -2.67. The van der Waals surface area contributed by atoms with Crippen LogP contribution in [0.4, 0.5) is 0 Å². The second-order valence-electron chi connectivity index (χ2n) is 11.3. The van der Waals surface area contributed by atoms with Gasteiger partial charge in [0.25, 0.3) is 11.8 Å². The Bertz CT molecular complexity index is 1050. The van der Waals surface area contributed by atoms with Gasteiger partial charge in [-0.05, 0) is 6.42 Å². The summed E-state index contributed by atoms with van der Waals surface area (Å²) in [6.07, 6.45) is -26.5. The molecule has 21 nitrogen and oxygen atoms in total. The topological polar surface area (TPSA) is 321 Å². The molecule has 2 amide bonds. The summed E-state index contributed by atoms with van der Waals surface area (Å²) in [5.41, 5.74) is 0. The molecule has 0 bridgehead atoms. The summed E-state index contributed by atoms with van der Waals surface area (Å²) in [6.45, 7) is -2.73. The van der Waals surface area contributed by atoms with Gasteiger partial charge < -0.3 is 84.3 Å². The number of carbonyl (C=O) groups is 3. The van der Waals surface area contributed by atoms with Crippen LogP contribution in [0.2, 0.25) is 0 Å². The molecule has 15 atom stereocenters. The minimum absolute atomic E-state index is 0.0446. The number of hydrogen-bond donors (Lipinski definition) is 10. The molecule has 4 saturated heterocycles. The number of hydrogen-bond acceptors (Lipinski definition) is 20. The first-order valence-electron chi connectivity index (χ1n) is 14.9. The predicted octanol–water partition coefficient (Wildman–Crippen LogP) is -7.16. The number of carbonyl (C=O) groups excluding carboxylic acids is 3. The van der Waals surface area contributed by atoms with Crippen molar-refractivity contribution in [3.63, 3.8) is 0 Å². The third kappa shape index (κ3) is 8.41. The van der Waals surface area contributed by atoms with Crippen molar-refractivity contribution in [1.29, 1.82) is 0 Å². The molecule has 270 valence electrons. The van der Waals surface area contributed by atoms with Gasteiger partial charge in [-0.2, -0.15) is 0 Å². The average molecular weight is 688 g/mol. The summed E-state index contributed by atoms with van der Waals surface area (Å²) >= 11 is 0. The van der Waals surface area contributed by atoms with Gasteiger partial charge in [-0.3, -0.25) is 9.59 Å². The number of amides is 2. The van der Waals surface area contributed by atoms with Gasteiger partial charge in [0.1, 0.15) is 73.2 Å². The molecular formula is C26H41NO20. The molecule has 0 spiro atoms. The Balaban J connectivity index is 1.38. The second-order valence-corrected chi connectivity index (χ2v) is 11.3. The summed E-state index contributed by atoms with van der Waals surface area (Å²) in [5, 5.41) is 103. The van der Waals surface area contributed by atoms with Crippen molar-refractivity contribution in [3.05, 3.63) is 0 Å². The number of aliphatic hydroxyl groups is 10. The predicted molar refractivity (Wildman–Crippen MR) is 141 cm³/mol. The number of hydroxylamine groups is 2. The van der Waals surface area contributed by atoms with E-state index in [1.54, 1.807) is 0 Å². The highest BCUT2D eigenvalue weighted by Crippen LogP contribution is 2.32. The van der Waals surface area contributed by atoms with Crippen LogP contribution < -0.4 is 0 Å². The van der Waals surface area contributed by atoms with Gasteiger partial charge in [0.05, 0.1) is 32.8 Å². The molecule has 0 radical (unpaired) electrons. The van der Waals surface area contributed by atoms with E-state index in [1.807, 2.05) is 0 Å². The number of imide groups is 1. The molecule has 6 unspecified atom stereocenters. The summed E-state index contributed by atoms with van der Waals surface area (Å²) in [5.74, 6) is -2.22. The molecule has 4 heterocycles. The van der Waals surface area contributed by atoms with Crippen LogP contribution in [0.15, 0.2) is 0 Å².